The topological polar surface area (TPSA) is 118 Å². The maximum absolute atomic E-state index is 10.6. The molecule has 1 aliphatic rings. The second-order valence-corrected chi connectivity index (χ2v) is 4.23. The summed E-state index contributed by atoms with van der Waals surface area (Å²) in [6.07, 6.45) is 0.201. The fourth-order valence-corrected chi connectivity index (χ4v) is 0.749. The van der Waals surface area contributed by atoms with Gasteiger partial charge in [0.1, 0.15) is 6.10 Å². The first-order valence-corrected chi connectivity index (χ1v) is 5.87. The molecule has 0 atom stereocenters. The molecule has 1 aliphatic carbocycles. The SMILES string of the molecule is CC(C)OC(=O)N(C)N=O.CN(N=O)C(=O)OC1CC1. The highest BCUT2D eigenvalue weighted by Gasteiger charge is 2.27. The Hall–Kier alpha value is -2.26. The maximum atomic E-state index is 10.6. The van der Waals surface area contributed by atoms with E-state index in [2.05, 4.69) is 15.3 Å². The van der Waals surface area contributed by atoms with E-state index < -0.39 is 12.2 Å². The van der Waals surface area contributed by atoms with Crippen molar-refractivity contribution >= 4 is 12.2 Å². The van der Waals surface area contributed by atoms with Crippen LogP contribution in [0.2, 0.25) is 0 Å². The monoisotopic (exact) mass is 290 g/mol. The lowest BCUT2D eigenvalue weighted by Gasteiger charge is -2.09. The zero-order chi connectivity index (χ0) is 15.7. The molecule has 10 heteroatoms. The molecule has 10 nitrogen and oxygen atoms in total. The molecule has 1 rings (SSSR count). The van der Waals surface area contributed by atoms with Gasteiger partial charge in [-0.2, -0.15) is 10.0 Å². The molecule has 0 unspecified atom stereocenters. The van der Waals surface area contributed by atoms with E-state index in [1.807, 2.05) is 0 Å². The smallest absolute Gasteiger partial charge is 0.433 e. The molecule has 0 aromatic heterocycles. The van der Waals surface area contributed by atoms with Gasteiger partial charge < -0.3 is 9.47 Å². The lowest BCUT2D eigenvalue weighted by Crippen LogP contribution is -2.24. The minimum absolute atomic E-state index is 0.0247. The van der Waals surface area contributed by atoms with E-state index in [1.165, 1.54) is 14.1 Å². The van der Waals surface area contributed by atoms with Crippen LogP contribution in [-0.2, 0) is 9.47 Å². The van der Waals surface area contributed by atoms with Gasteiger partial charge in [0.05, 0.1) is 16.7 Å². The van der Waals surface area contributed by atoms with Crippen molar-refractivity contribution < 1.29 is 19.1 Å². The third-order valence-electron chi connectivity index (χ3n) is 1.90. The summed E-state index contributed by atoms with van der Waals surface area (Å²) in [4.78, 5) is 40.7. The van der Waals surface area contributed by atoms with Crippen LogP contribution in [0.15, 0.2) is 10.6 Å². The van der Waals surface area contributed by atoms with E-state index in [0.717, 1.165) is 12.8 Å². The number of hydrogen-bond acceptors (Lipinski definition) is 8. The molecule has 0 aliphatic heterocycles. The molecule has 1 saturated carbocycles. The van der Waals surface area contributed by atoms with E-state index >= 15 is 0 Å². The summed E-state index contributed by atoms with van der Waals surface area (Å²) in [5.41, 5.74) is 0. The van der Waals surface area contributed by atoms with Gasteiger partial charge in [0.15, 0.2) is 0 Å². The number of rotatable bonds is 4. The number of nitroso groups, excluding NO2 is 2. The molecule has 0 spiro atoms. The van der Waals surface area contributed by atoms with Crippen LogP contribution >= 0.6 is 0 Å². The molecule has 0 heterocycles. The van der Waals surface area contributed by atoms with Gasteiger partial charge in [-0.05, 0) is 26.7 Å². The Balaban J connectivity index is 0.000000361. The Morgan fingerprint density at radius 3 is 1.85 bits per heavy atom. The molecule has 0 aromatic rings. The van der Waals surface area contributed by atoms with Crippen LogP contribution < -0.4 is 0 Å². The minimum atomic E-state index is -0.731. The Morgan fingerprint density at radius 2 is 1.50 bits per heavy atom. The van der Waals surface area contributed by atoms with Crippen molar-refractivity contribution in [3.05, 3.63) is 9.81 Å². The van der Waals surface area contributed by atoms with Gasteiger partial charge in [0.2, 0.25) is 0 Å². The van der Waals surface area contributed by atoms with Crippen molar-refractivity contribution in [2.24, 2.45) is 10.6 Å². The zero-order valence-electron chi connectivity index (χ0n) is 11.8. The Morgan fingerprint density at radius 1 is 1.05 bits per heavy atom. The van der Waals surface area contributed by atoms with Crippen molar-refractivity contribution in [3.63, 3.8) is 0 Å². The van der Waals surface area contributed by atoms with Gasteiger partial charge >= 0.3 is 12.2 Å². The van der Waals surface area contributed by atoms with Crippen molar-refractivity contribution in [1.82, 2.24) is 10.0 Å². The maximum Gasteiger partial charge on any atom is 0.433 e. The van der Waals surface area contributed by atoms with Crippen LogP contribution in [0.25, 0.3) is 0 Å². The van der Waals surface area contributed by atoms with Crippen molar-refractivity contribution in [2.75, 3.05) is 14.1 Å². The largest absolute Gasteiger partial charge is 0.445 e. The van der Waals surface area contributed by atoms with Gasteiger partial charge in [-0.15, -0.1) is 9.81 Å². The third-order valence-corrected chi connectivity index (χ3v) is 1.90. The van der Waals surface area contributed by atoms with Crippen molar-refractivity contribution in [2.45, 2.75) is 38.9 Å². The molecule has 0 bridgehead atoms. The highest BCUT2D eigenvalue weighted by Crippen LogP contribution is 2.23. The number of amides is 2. The summed E-state index contributed by atoms with van der Waals surface area (Å²) in [7, 11) is 2.50. The zero-order valence-corrected chi connectivity index (χ0v) is 11.8. The predicted octanol–water partition coefficient (Wildman–Crippen LogP) is 2.04. The molecule has 1 fully saturated rings. The molecular weight excluding hydrogens is 272 g/mol. The minimum Gasteiger partial charge on any atom is -0.445 e. The van der Waals surface area contributed by atoms with Gasteiger partial charge in [0.25, 0.3) is 0 Å². The number of hydrogen-bond donors (Lipinski definition) is 0. The summed E-state index contributed by atoms with van der Waals surface area (Å²) in [6, 6.07) is 0. The normalized spacial score (nSPS) is 12.7. The Kier molecular flexibility index (Phi) is 7.78. The van der Waals surface area contributed by atoms with E-state index in [1.54, 1.807) is 13.8 Å². The van der Waals surface area contributed by atoms with Crippen LogP contribution in [-0.4, -0.2) is 48.5 Å². The summed E-state index contributed by atoms with van der Waals surface area (Å²) in [5.74, 6) is 0. The van der Waals surface area contributed by atoms with Crippen molar-refractivity contribution in [3.8, 4) is 0 Å². The van der Waals surface area contributed by atoms with Gasteiger partial charge in [-0.25, -0.2) is 9.59 Å². The van der Waals surface area contributed by atoms with E-state index in [9.17, 15) is 19.4 Å². The molecule has 0 saturated heterocycles. The Bertz CT molecular complexity index is 332. The van der Waals surface area contributed by atoms with Crippen LogP contribution in [0.4, 0.5) is 9.59 Å². The van der Waals surface area contributed by atoms with Gasteiger partial charge in [-0.3, -0.25) is 0 Å². The lowest BCUT2D eigenvalue weighted by molar-refractivity contribution is 0.0844. The molecule has 0 aromatic carbocycles. The first-order chi connectivity index (χ1) is 9.31. The molecule has 2 amide bonds. The average molecular weight is 290 g/mol. The lowest BCUT2D eigenvalue weighted by atomic mass is 10.5. The van der Waals surface area contributed by atoms with E-state index in [0.29, 0.717) is 10.0 Å². The molecule has 0 radical (unpaired) electrons. The predicted molar refractivity (Wildman–Crippen MR) is 68.2 cm³/mol. The van der Waals surface area contributed by atoms with E-state index in [-0.39, 0.29) is 12.2 Å². The number of carbonyl (C=O) groups excluding carboxylic acids is 2. The van der Waals surface area contributed by atoms with Crippen molar-refractivity contribution in [1.29, 1.82) is 0 Å². The van der Waals surface area contributed by atoms with Crippen LogP contribution in [0, 0.1) is 9.81 Å². The fourth-order valence-electron chi connectivity index (χ4n) is 0.749. The Labute approximate surface area is 115 Å². The highest BCUT2D eigenvalue weighted by atomic mass is 16.6. The van der Waals surface area contributed by atoms with Crippen LogP contribution in [0.3, 0.4) is 0 Å². The summed E-state index contributed by atoms with van der Waals surface area (Å²) in [6.45, 7) is 3.38. The van der Waals surface area contributed by atoms with Gasteiger partial charge in [0, 0.05) is 14.1 Å². The van der Waals surface area contributed by atoms with Crippen LogP contribution in [0.1, 0.15) is 26.7 Å². The summed E-state index contributed by atoms with van der Waals surface area (Å²) in [5, 5.41) is 5.96. The van der Waals surface area contributed by atoms with Crippen LogP contribution in [0.5, 0.6) is 0 Å². The molecule has 20 heavy (non-hydrogen) atoms. The third kappa shape index (κ3) is 7.95. The summed E-state index contributed by atoms with van der Waals surface area (Å²) >= 11 is 0. The second kappa shape index (κ2) is 8.77. The molecular formula is C10H18N4O6. The van der Waals surface area contributed by atoms with E-state index in [4.69, 9.17) is 4.74 Å². The van der Waals surface area contributed by atoms with Gasteiger partial charge in [-0.1, -0.05) is 0 Å². The average Bonchev–Trinajstić information content (AvgIpc) is 3.20. The fraction of sp³-hybridized carbons (Fsp3) is 0.800. The quantitative estimate of drug-likeness (QED) is 0.577. The first kappa shape index (κ1) is 17.7. The number of ether oxygens (including phenoxy) is 2. The molecule has 114 valence electrons. The summed E-state index contributed by atoms with van der Waals surface area (Å²) < 4.78 is 9.30. The molecule has 0 N–H and O–H groups in total. The number of carbonyl (C=O) groups is 2. The standard InChI is InChI=1S/C5H8N2O3.C5H10N2O3/c1-7(6-9)5(8)10-4-2-3-4;1-4(2)10-5(8)7(3)6-9/h4H,2-3H2,1H3;4H,1-3H3. The second-order valence-electron chi connectivity index (χ2n) is 4.23. The first-order valence-electron chi connectivity index (χ1n) is 5.87. The number of nitrogens with zero attached hydrogens (tertiary/aromatic N) is 4. The highest BCUT2D eigenvalue weighted by molar-refractivity contribution is 5.67.